The molecule has 0 radical (unpaired) electrons. The van der Waals surface area contributed by atoms with Crippen LogP contribution in [0.25, 0.3) is 0 Å². The van der Waals surface area contributed by atoms with Crippen molar-refractivity contribution in [3.8, 4) is 5.75 Å². The maximum absolute atomic E-state index is 12.8. The van der Waals surface area contributed by atoms with Gasteiger partial charge in [0.25, 0.3) is 5.91 Å². The Kier molecular flexibility index (Phi) is 6.72. The second kappa shape index (κ2) is 8.55. The summed E-state index contributed by atoms with van der Waals surface area (Å²) in [6.45, 7) is 3.49. The molecule has 1 aromatic rings. The highest BCUT2D eigenvalue weighted by molar-refractivity contribution is 5.97. The molecule has 1 aliphatic heterocycles. The highest BCUT2D eigenvalue weighted by atomic mass is 35.5. The van der Waals surface area contributed by atoms with Crippen molar-refractivity contribution in [1.29, 1.82) is 0 Å². The lowest BCUT2D eigenvalue weighted by Crippen LogP contribution is -2.40. The summed E-state index contributed by atoms with van der Waals surface area (Å²) in [4.78, 5) is 14.8. The number of amides is 1. The summed E-state index contributed by atoms with van der Waals surface area (Å²) >= 11 is 0. The minimum Gasteiger partial charge on any atom is -0.492 e. The number of rotatable bonds is 6. The first kappa shape index (κ1) is 18.1. The fourth-order valence-electron chi connectivity index (χ4n) is 3.06. The molecular formula is C18H27ClN2O2. The van der Waals surface area contributed by atoms with Crippen molar-refractivity contribution in [3.63, 3.8) is 0 Å². The Morgan fingerprint density at radius 2 is 1.87 bits per heavy atom. The molecule has 1 aromatic carbocycles. The third-order valence-electron chi connectivity index (χ3n) is 4.68. The number of piperidine rings is 1. The van der Waals surface area contributed by atoms with Crippen molar-refractivity contribution >= 4 is 18.3 Å². The van der Waals surface area contributed by atoms with Crippen LogP contribution in [0.1, 0.15) is 36.0 Å². The van der Waals surface area contributed by atoms with Crippen LogP contribution in [0, 0.1) is 11.8 Å². The van der Waals surface area contributed by atoms with E-state index >= 15 is 0 Å². The molecule has 4 nitrogen and oxygen atoms in total. The first-order valence-electron chi connectivity index (χ1n) is 8.43. The van der Waals surface area contributed by atoms with Gasteiger partial charge in [-0.1, -0.05) is 12.1 Å². The molecule has 5 heteroatoms. The molecule has 2 fully saturated rings. The maximum Gasteiger partial charge on any atom is 0.257 e. The fourth-order valence-corrected chi connectivity index (χ4v) is 3.06. The minimum absolute atomic E-state index is 0. The van der Waals surface area contributed by atoms with E-state index in [9.17, 15) is 4.79 Å². The number of hydrogen-bond acceptors (Lipinski definition) is 3. The van der Waals surface area contributed by atoms with Crippen molar-refractivity contribution in [3.05, 3.63) is 29.8 Å². The van der Waals surface area contributed by atoms with E-state index in [4.69, 9.17) is 4.74 Å². The first-order valence-corrected chi connectivity index (χ1v) is 8.43. The molecular weight excluding hydrogens is 312 g/mol. The maximum atomic E-state index is 12.8. The Morgan fingerprint density at radius 1 is 1.17 bits per heavy atom. The molecule has 0 aromatic heterocycles. The Bertz CT molecular complexity index is 511. The monoisotopic (exact) mass is 338 g/mol. The van der Waals surface area contributed by atoms with Crippen LogP contribution in [0.2, 0.25) is 0 Å². The van der Waals surface area contributed by atoms with E-state index in [0.717, 1.165) is 50.4 Å². The SMILES string of the molecule is CNCC1CCN(C(=O)c2ccccc2OCC2CC2)CC1.Cl. The highest BCUT2D eigenvalue weighted by Gasteiger charge is 2.26. The van der Waals surface area contributed by atoms with Crippen LogP contribution in [0.5, 0.6) is 5.75 Å². The van der Waals surface area contributed by atoms with Gasteiger partial charge in [-0.25, -0.2) is 0 Å². The van der Waals surface area contributed by atoms with Crippen LogP contribution in [0.15, 0.2) is 24.3 Å². The third kappa shape index (κ3) is 4.85. The van der Waals surface area contributed by atoms with Crippen LogP contribution >= 0.6 is 12.4 Å². The molecule has 128 valence electrons. The van der Waals surface area contributed by atoms with E-state index < -0.39 is 0 Å². The highest BCUT2D eigenvalue weighted by Crippen LogP contribution is 2.31. The van der Waals surface area contributed by atoms with Crippen LogP contribution in [0.3, 0.4) is 0 Å². The van der Waals surface area contributed by atoms with Gasteiger partial charge in [-0.3, -0.25) is 4.79 Å². The molecule has 0 atom stereocenters. The van der Waals surface area contributed by atoms with Gasteiger partial charge in [0.2, 0.25) is 0 Å². The average molecular weight is 339 g/mol. The molecule has 3 rings (SSSR count). The van der Waals surface area contributed by atoms with Crippen LogP contribution in [-0.4, -0.2) is 44.1 Å². The summed E-state index contributed by atoms with van der Waals surface area (Å²) in [5, 5.41) is 3.23. The topological polar surface area (TPSA) is 41.6 Å². The van der Waals surface area contributed by atoms with Gasteiger partial charge in [-0.05, 0) is 63.2 Å². The number of halogens is 1. The lowest BCUT2D eigenvalue weighted by atomic mass is 9.96. The molecule has 0 spiro atoms. The quantitative estimate of drug-likeness (QED) is 0.867. The molecule has 1 aliphatic carbocycles. The van der Waals surface area contributed by atoms with Crippen molar-refractivity contribution < 1.29 is 9.53 Å². The Labute approximate surface area is 145 Å². The molecule has 1 saturated heterocycles. The number of nitrogens with zero attached hydrogens (tertiary/aromatic N) is 1. The van der Waals surface area contributed by atoms with E-state index in [1.165, 1.54) is 12.8 Å². The molecule has 1 heterocycles. The molecule has 23 heavy (non-hydrogen) atoms. The van der Waals surface area contributed by atoms with Gasteiger partial charge in [-0.2, -0.15) is 0 Å². The lowest BCUT2D eigenvalue weighted by Gasteiger charge is -2.32. The van der Waals surface area contributed by atoms with Crippen LogP contribution in [0.4, 0.5) is 0 Å². The van der Waals surface area contributed by atoms with E-state index in [1.807, 2.05) is 36.2 Å². The van der Waals surface area contributed by atoms with Gasteiger partial charge in [0.05, 0.1) is 12.2 Å². The van der Waals surface area contributed by atoms with E-state index in [0.29, 0.717) is 11.8 Å². The number of likely N-dealkylation sites (tertiary alicyclic amines) is 1. The van der Waals surface area contributed by atoms with Crippen molar-refractivity contribution in [1.82, 2.24) is 10.2 Å². The lowest BCUT2D eigenvalue weighted by molar-refractivity contribution is 0.0686. The fraction of sp³-hybridized carbons (Fsp3) is 0.611. The smallest absolute Gasteiger partial charge is 0.257 e. The van der Waals surface area contributed by atoms with Gasteiger partial charge in [0.15, 0.2) is 0 Å². The predicted octanol–water partition coefficient (Wildman–Crippen LogP) is 2.97. The molecule has 1 saturated carbocycles. The van der Waals surface area contributed by atoms with E-state index in [2.05, 4.69) is 5.32 Å². The van der Waals surface area contributed by atoms with Gasteiger partial charge < -0.3 is 15.0 Å². The zero-order valence-electron chi connectivity index (χ0n) is 13.8. The Balaban J connectivity index is 0.00000192. The van der Waals surface area contributed by atoms with E-state index in [1.54, 1.807) is 0 Å². The van der Waals surface area contributed by atoms with Crippen LogP contribution < -0.4 is 10.1 Å². The number of carbonyl (C=O) groups excluding carboxylic acids is 1. The first-order chi connectivity index (χ1) is 10.8. The second-order valence-electron chi connectivity index (χ2n) is 6.54. The predicted molar refractivity (Wildman–Crippen MR) is 94.5 cm³/mol. The molecule has 0 unspecified atom stereocenters. The van der Waals surface area contributed by atoms with E-state index in [-0.39, 0.29) is 18.3 Å². The summed E-state index contributed by atoms with van der Waals surface area (Å²) in [7, 11) is 1.99. The van der Waals surface area contributed by atoms with Gasteiger partial charge >= 0.3 is 0 Å². The standard InChI is InChI=1S/C18H26N2O2.ClH/c1-19-12-14-8-10-20(11-9-14)18(21)16-4-2-3-5-17(16)22-13-15-6-7-15;/h2-5,14-15,19H,6-13H2,1H3;1H. The van der Waals surface area contributed by atoms with Gasteiger partial charge in [0.1, 0.15) is 5.75 Å². The normalized spacial score (nSPS) is 18.4. The van der Waals surface area contributed by atoms with Crippen molar-refractivity contribution in [2.24, 2.45) is 11.8 Å². The molecule has 1 N–H and O–H groups in total. The second-order valence-corrected chi connectivity index (χ2v) is 6.54. The zero-order chi connectivity index (χ0) is 15.4. The number of benzene rings is 1. The number of para-hydroxylation sites is 1. The molecule has 0 bridgehead atoms. The molecule has 1 amide bonds. The minimum atomic E-state index is 0. The summed E-state index contributed by atoms with van der Waals surface area (Å²) in [5.74, 6) is 2.25. The largest absolute Gasteiger partial charge is 0.492 e. The average Bonchev–Trinajstić information content (AvgIpc) is 3.38. The van der Waals surface area contributed by atoms with Gasteiger partial charge in [0, 0.05) is 13.1 Å². The van der Waals surface area contributed by atoms with Crippen molar-refractivity contribution in [2.75, 3.05) is 33.3 Å². The van der Waals surface area contributed by atoms with Gasteiger partial charge in [-0.15, -0.1) is 12.4 Å². The third-order valence-corrected chi connectivity index (χ3v) is 4.68. The number of hydrogen-bond donors (Lipinski definition) is 1. The number of carbonyl (C=O) groups is 1. The molecule has 2 aliphatic rings. The van der Waals surface area contributed by atoms with Crippen molar-refractivity contribution in [2.45, 2.75) is 25.7 Å². The Morgan fingerprint density at radius 3 is 2.52 bits per heavy atom. The Hall–Kier alpha value is -1.26. The summed E-state index contributed by atoms with van der Waals surface area (Å²) in [5.41, 5.74) is 0.718. The summed E-state index contributed by atoms with van der Waals surface area (Å²) < 4.78 is 5.88. The zero-order valence-corrected chi connectivity index (χ0v) is 14.6. The number of nitrogens with one attached hydrogen (secondary N) is 1. The summed E-state index contributed by atoms with van der Waals surface area (Å²) in [6, 6.07) is 7.68. The number of ether oxygens (including phenoxy) is 1. The summed E-state index contributed by atoms with van der Waals surface area (Å²) in [6.07, 6.45) is 4.68. The van der Waals surface area contributed by atoms with Crippen LogP contribution in [-0.2, 0) is 0 Å².